The summed E-state index contributed by atoms with van der Waals surface area (Å²) in [7, 11) is 0. The molecule has 0 aromatic carbocycles. The van der Waals surface area contributed by atoms with Crippen LogP contribution < -0.4 is 0 Å². The van der Waals surface area contributed by atoms with Crippen LogP contribution in [0.25, 0.3) is 0 Å². The van der Waals surface area contributed by atoms with Crippen molar-refractivity contribution in [3.63, 3.8) is 0 Å². The first-order valence-corrected chi connectivity index (χ1v) is 11.8. The second-order valence-corrected chi connectivity index (χ2v) is 12.0. The van der Waals surface area contributed by atoms with E-state index in [1.807, 2.05) is 0 Å². The Labute approximate surface area is 176 Å². The minimum atomic E-state index is -1.68. The quantitative estimate of drug-likeness (QED) is 0.525. The fourth-order valence-electron chi connectivity index (χ4n) is 8.65. The first-order chi connectivity index (χ1) is 13.4. The van der Waals surface area contributed by atoms with Crippen molar-refractivity contribution in [1.82, 2.24) is 0 Å². The fourth-order valence-corrected chi connectivity index (χ4v) is 8.65. The maximum atomic E-state index is 10.9. The number of hydrogen-bond acceptors (Lipinski definition) is 4. The van der Waals surface area contributed by atoms with E-state index in [1.165, 1.54) is 32.6 Å². The van der Waals surface area contributed by atoms with Gasteiger partial charge >= 0.3 is 0 Å². The lowest BCUT2D eigenvalue weighted by Gasteiger charge is -2.54. The standard InChI is InChI=1S/C25H42O4/c1-15-8-9-25-16(2)6-7-17(25)20-22(3,12-18(15)25)10-11-23(20,4)13-19(27)21(28)24(5,29)14-26/h12,15-17,19-21,26-29H,6-11,13-14H2,1-5H3/t15-,16-,17-,19-,20-,21-,22+,23+,24-,25-/m0/s1. The SMILES string of the molecule is C[C@H]1CC[C@@]23C1=C[C@@]1(C)CC[C@](C)(C[C@H](O)[C@H](O)[C@@](C)(O)CO)[C@H]1[C@@H]2CC[C@@H]3C. The van der Waals surface area contributed by atoms with E-state index < -0.39 is 24.4 Å². The van der Waals surface area contributed by atoms with E-state index in [-0.39, 0.29) is 10.8 Å². The highest BCUT2D eigenvalue weighted by Crippen LogP contribution is 2.74. The number of hydrogen-bond donors (Lipinski definition) is 4. The molecule has 0 amide bonds. The number of fused-ring (bicyclic) bond motifs is 2. The molecule has 29 heavy (non-hydrogen) atoms. The second kappa shape index (κ2) is 6.79. The maximum absolute atomic E-state index is 10.9. The number of aliphatic hydroxyl groups excluding tert-OH is 3. The van der Waals surface area contributed by atoms with Gasteiger partial charge in [0.2, 0.25) is 0 Å². The van der Waals surface area contributed by atoms with Crippen LogP contribution in [0.2, 0.25) is 0 Å². The third kappa shape index (κ3) is 2.92. The fraction of sp³-hybridized carbons (Fsp3) is 0.920. The second-order valence-electron chi connectivity index (χ2n) is 12.0. The van der Waals surface area contributed by atoms with Crippen LogP contribution in [0.4, 0.5) is 0 Å². The average molecular weight is 407 g/mol. The van der Waals surface area contributed by atoms with E-state index in [2.05, 4.69) is 33.8 Å². The smallest absolute Gasteiger partial charge is 0.113 e. The highest BCUT2D eigenvalue weighted by molar-refractivity contribution is 5.35. The van der Waals surface area contributed by atoms with Gasteiger partial charge in [0.25, 0.3) is 0 Å². The van der Waals surface area contributed by atoms with Gasteiger partial charge in [0.05, 0.1) is 12.7 Å². The van der Waals surface area contributed by atoms with Crippen LogP contribution in [0.5, 0.6) is 0 Å². The van der Waals surface area contributed by atoms with Crippen LogP contribution in [-0.2, 0) is 0 Å². The Morgan fingerprint density at radius 3 is 2.45 bits per heavy atom. The first kappa shape index (κ1) is 21.8. The summed E-state index contributed by atoms with van der Waals surface area (Å²) in [6.07, 6.45) is 8.10. The molecular formula is C25H42O4. The lowest BCUT2D eigenvalue weighted by molar-refractivity contribution is -0.147. The topological polar surface area (TPSA) is 80.9 Å². The molecule has 1 spiro atoms. The summed E-state index contributed by atoms with van der Waals surface area (Å²) in [5, 5.41) is 41.1. The monoisotopic (exact) mass is 406 g/mol. The molecule has 0 aromatic heterocycles. The van der Waals surface area contributed by atoms with E-state index in [9.17, 15) is 20.4 Å². The molecule has 3 saturated carbocycles. The van der Waals surface area contributed by atoms with Crippen molar-refractivity contribution >= 4 is 0 Å². The predicted molar refractivity (Wildman–Crippen MR) is 114 cm³/mol. The van der Waals surface area contributed by atoms with Crippen molar-refractivity contribution in [2.75, 3.05) is 6.61 Å². The summed E-state index contributed by atoms with van der Waals surface area (Å²) in [6, 6.07) is 0. The van der Waals surface area contributed by atoms with Crippen LogP contribution >= 0.6 is 0 Å². The zero-order valence-corrected chi connectivity index (χ0v) is 19.0. The summed E-state index contributed by atoms with van der Waals surface area (Å²) >= 11 is 0. The van der Waals surface area contributed by atoms with Crippen molar-refractivity contribution in [2.45, 2.75) is 97.4 Å². The number of allylic oxidation sites excluding steroid dienone is 2. The van der Waals surface area contributed by atoms with E-state index in [0.717, 1.165) is 18.8 Å². The van der Waals surface area contributed by atoms with Crippen molar-refractivity contribution in [3.8, 4) is 0 Å². The van der Waals surface area contributed by atoms with E-state index in [0.29, 0.717) is 29.6 Å². The molecule has 3 fully saturated rings. The maximum Gasteiger partial charge on any atom is 0.113 e. The van der Waals surface area contributed by atoms with E-state index in [4.69, 9.17) is 0 Å². The van der Waals surface area contributed by atoms with Crippen molar-refractivity contribution < 1.29 is 20.4 Å². The van der Waals surface area contributed by atoms with Crippen LogP contribution in [0.3, 0.4) is 0 Å². The molecule has 166 valence electrons. The highest BCUT2D eigenvalue weighted by atomic mass is 16.4. The number of rotatable bonds is 5. The lowest BCUT2D eigenvalue weighted by Crippen LogP contribution is -2.53. The highest BCUT2D eigenvalue weighted by Gasteiger charge is 2.67. The molecule has 0 heterocycles. The van der Waals surface area contributed by atoms with Gasteiger partial charge in [0.1, 0.15) is 11.7 Å². The number of aliphatic hydroxyl groups is 4. The Kier molecular flexibility index (Phi) is 5.10. The molecule has 4 rings (SSSR count). The molecule has 0 unspecified atom stereocenters. The minimum absolute atomic E-state index is 0.0731. The van der Waals surface area contributed by atoms with Crippen LogP contribution in [0, 0.1) is 39.9 Å². The van der Waals surface area contributed by atoms with Crippen LogP contribution in [-0.4, -0.2) is 44.8 Å². The normalized spacial score (nSPS) is 50.3. The molecule has 4 N–H and O–H groups in total. The van der Waals surface area contributed by atoms with Gasteiger partial charge in [-0.15, -0.1) is 0 Å². The summed E-state index contributed by atoms with van der Waals surface area (Å²) < 4.78 is 0. The van der Waals surface area contributed by atoms with Crippen LogP contribution in [0.15, 0.2) is 11.6 Å². The molecular weight excluding hydrogens is 364 g/mol. The molecule has 10 atom stereocenters. The molecule has 0 bridgehead atoms. The van der Waals surface area contributed by atoms with Crippen molar-refractivity contribution in [3.05, 3.63) is 11.6 Å². The summed E-state index contributed by atoms with van der Waals surface area (Å²) in [4.78, 5) is 0. The van der Waals surface area contributed by atoms with Gasteiger partial charge in [0.15, 0.2) is 0 Å². The van der Waals surface area contributed by atoms with Gasteiger partial charge < -0.3 is 20.4 Å². The molecule has 4 aliphatic carbocycles. The Hall–Kier alpha value is -0.420. The summed E-state index contributed by atoms with van der Waals surface area (Å²) in [5.74, 6) is 2.57. The van der Waals surface area contributed by atoms with Gasteiger partial charge in [-0.05, 0) is 91.8 Å². The van der Waals surface area contributed by atoms with E-state index >= 15 is 0 Å². The van der Waals surface area contributed by atoms with Gasteiger partial charge in [-0.1, -0.05) is 39.3 Å². The predicted octanol–water partition coefficient (Wildman–Crippen LogP) is 3.67. The largest absolute Gasteiger partial charge is 0.393 e. The van der Waals surface area contributed by atoms with Crippen molar-refractivity contribution in [2.24, 2.45) is 39.9 Å². The van der Waals surface area contributed by atoms with Gasteiger partial charge in [-0.2, -0.15) is 0 Å². The zero-order valence-electron chi connectivity index (χ0n) is 19.0. The first-order valence-electron chi connectivity index (χ1n) is 11.8. The third-order valence-corrected chi connectivity index (χ3v) is 10.1. The zero-order chi connectivity index (χ0) is 21.4. The molecule has 0 aliphatic heterocycles. The van der Waals surface area contributed by atoms with Gasteiger partial charge in [-0.25, -0.2) is 0 Å². The Bertz CT molecular complexity index is 686. The third-order valence-electron chi connectivity index (χ3n) is 10.1. The Balaban J connectivity index is 1.69. The van der Waals surface area contributed by atoms with Gasteiger partial charge in [0, 0.05) is 0 Å². The van der Waals surface area contributed by atoms with E-state index in [1.54, 1.807) is 5.57 Å². The lowest BCUT2D eigenvalue weighted by atomic mass is 9.50. The summed E-state index contributed by atoms with van der Waals surface area (Å²) in [5.41, 5.74) is 0.483. The minimum Gasteiger partial charge on any atom is -0.393 e. The summed E-state index contributed by atoms with van der Waals surface area (Å²) in [6.45, 7) is 10.4. The molecule has 0 aromatic rings. The van der Waals surface area contributed by atoms with Crippen molar-refractivity contribution in [1.29, 1.82) is 0 Å². The molecule has 4 heteroatoms. The molecule has 4 aliphatic rings. The van der Waals surface area contributed by atoms with Gasteiger partial charge in [-0.3, -0.25) is 0 Å². The molecule has 4 nitrogen and oxygen atoms in total. The van der Waals surface area contributed by atoms with Crippen LogP contribution in [0.1, 0.15) is 79.6 Å². The molecule has 0 saturated heterocycles. The Morgan fingerprint density at radius 2 is 1.79 bits per heavy atom. The Morgan fingerprint density at radius 1 is 1.10 bits per heavy atom. The molecule has 0 radical (unpaired) electrons. The average Bonchev–Trinajstić information content (AvgIpc) is 3.25.